The fraction of sp³-hybridized carbons (Fsp3) is 0.273. The molecule has 1 aliphatic rings. The SMILES string of the molecule is COc1cc2ncnc(N3CC[C@@H](Oc4cnc5ccccc5n4)C3)c2cc1OCF. The van der Waals surface area contributed by atoms with E-state index >= 15 is 0 Å². The standard InChI is InChI=1S/C22H20FN5O3/c1-29-19-9-18-15(8-20(19)30-12-23)22(26-13-25-18)28-7-6-14(11-28)31-21-10-24-16-4-2-3-5-17(16)27-21/h2-5,8-10,13-14H,6-7,11-12H2,1H3/t14-/m1/s1. The molecular formula is C22H20FN5O3. The second-order valence-electron chi connectivity index (χ2n) is 7.14. The minimum atomic E-state index is -0.947. The van der Waals surface area contributed by atoms with E-state index in [2.05, 4.69) is 24.8 Å². The Morgan fingerprint density at radius 1 is 1.06 bits per heavy atom. The molecule has 0 aliphatic carbocycles. The minimum Gasteiger partial charge on any atom is -0.493 e. The summed E-state index contributed by atoms with van der Waals surface area (Å²) in [7, 11) is 1.51. The van der Waals surface area contributed by atoms with E-state index in [1.165, 1.54) is 13.4 Å². The second-order valence-corrected chi connectivity index (χ2v) is 7.14. The lowest BCUT2D eigenvalue weighted by Gasteiger charge is -2.20. The van der Waals surface area contributed by atoms with Crippen molar-refractivity contribution in [3.8, 4) is 17.4 Å². The van der Waals surface area contributed by atoms with E-state index in [0.29, 0.717) is 29.4 Å². The van der Waals surface area contributed by atoms with Gasteiger partial charge in [0.15, 0.2) is 11.5 Å². The molecule has 0 N–H and O–H groups in total. The zero-order chi connectivity index (χ0) is 21.2. The van der Waals surface area contributed by atoms with Crippen LogP contribution < -0.4 is 19.1 Å². The van der Waals surface area contributed by atoms with Gasteiger partial charge in [-0.25, -0.2) is 24.3 Å². The third kappa shape index (κ3) is 3.74. The molecule has 8 nitrogen and oxygen atoms in total. The van der Waals surface area contributed by atoms with Crippen LogP contribution in [0.5, 0.6) is 17.4 Å². The quantitative estimate of drug-likeness (QED) is 0.468. The molecule has 2 aromatic carbocycles. The van der Waals surface area contributed by atoms with Crippen molar-refractivity contribution in [2.24, 2.45) is 0 Å². The third-order valence-corrected chi connectivity index (χ3v) is 5.27. The van der Waals surface area contributed by atoms with Gasteiger partial charge in [0, 0.05) is 24.4 Å². The molecule has 0 spiro atoms. The topological polar surface area (TPSA) is 82.5 Å². The van der Waals surface area contributed by atoms with Crippen LogP contribution in [-0.2, 0) is 0 Å². The lowest BCUT2D eigenvalue weighted by atomic mass is 10.2. The summed E-state index contributed by atoms with van der Waals surface area (Å²) in [5.74, 6) is 1.98. The average molecular weight is 421 g/mol. The number of ether oxygens (including phenoxy) is 3. The fourth-order valence-electron chi connectivity index (χ4n) is 3.82. The number of halogens is 1. The summed E-state index contributed by atoms with van der Waals surface area (Å²) in [4.78, 5) is 19.9. The number of nitrogens with zero attached hydrogens (tertiary/aromatic N) is 5. The molecule has 0 bridgehead atoms. The lowest BCUT2D eigenvalue weighted by Crippen LogP contribution is -2.25. The number of alkyl halides is 1. The van der Waals surface area contributed by atoms with E-state index in [9.17, 15) is 4.39 Å². The molecule has 3 heterocycles. The summed E-state index contributed by atoms with van der Waals surface area (Å²) in [6.07, 6.45) is 3.91. The molecule has 31 heavy (non-hydrogen) atoms. The zero-order valence-electron chi connectivity index (χ0n) is 16.9. The highest BCUT2D eigenvalue weighted by atomic mass is 19.1. The molecule has 0 saturated carbocycles. The molecule has 2 aromatic heterocycles. The Morgan fingerprint density at radius 3 is 2.77 bits per heavy atom. The number of hydrogen-bond acceptors (Lipinski definition) is 8. The van der Waals surface area contributed by atoms with Crippen molar-refractivity contribution < 1.29 is 18.6 Å². The number of para-hydroxylation sites is 2. The monoisotopic (exact) mass is 421 g/mol. The number of methoxy groups -OCH3 is 1. The highest BCUT2D eigenvalue weighted by molar-refractivity contribution is 5.92. The van der Waals surface area contributed by atoms with Gasteiger partial charge >= 0.3 is 0 Å². The second kappa shape index (κ2) is 8.17. The predicted molar refractivity (Wildman–Crippen MR) is 113 cm³/mol. The van der Waals surface area contributed by atoms with Gasteiger partial charge in [-0.05, 0) is 18.2 Å². The summed E-state index contributed by atoms with van der Waals surface area (Å²) < 4.78 is 29.3. The number of fused-ring (bicyclic) bond motifs is 2. The molecule has 1 fully saturated rings. The first kappa shape index (κ1) is 19.2. The normalized spacial score (nSPS) is 16.1. The Balaban J connectivity index is 1.39. The van der Waals surface area contributed by atoms with E-state index < -0.39 is 6.86 Å². The molecule has 1 saturated heterocycles. The number of benzene rings is 2. The van der Waals surface area contributed by atoms with Crippen molar-refractivity contribution in [3.63, 3.8) is 0 Å². The highest BCUT2D eigenvalue weighted by Gasteiger charge is 2.27. The first-order chi connectivity index (χ1) is 15.2. The molecule has 0 radical (unpaired) electrons. The molecule has 9 heteroatoms. The van der Waals surface area contributed by atoms with E-state index in [1.807, 2.05) is 24.3 Å². The van der Waals surface area contributed by atoms with Gasteiger partial charge in [0.1, 0.15) is 18.2 Å². The average Bonchev–Trinajstić information content (AvgIpc) is 3.26. The van der Waals surface area contributed by atoms with Crippen LogP contribution in [0, 0.1) is 0 Å². The van der Waals surface area contributed by atoms with E-state index in [-0.39, 0.29) is 6.10 Å². The fourth-order valence-corrected chi connectivity index (χ4v) is 3.82. The number of rotatable bonds is 6. The van der Waals surface area contributed by atoms with Crippen molar-refractivity contribution in [2.45, 2.75) is 12.5 Å². The van der Waals surface area contributed by atoms with Gasteiger partial charge in [-0.2, -0.15) is 0 Å². The Kier molecular flexibility index (Phi) is 5.07. The predicted octanol–water partition coefficient (Wildman–Crippen LogP) is 3.55. The van der Waals surface area contributed by atoms with Crippen molar-refractivity contribution in [2.75, 3.05) is 32.0 Å². The van der Waals surface area contributed by atoms with Crippen LogP contribution in [0.1, 0.15) is 6.42 Å². The molecule has 1 atom stereocenters. The minimum absolute atomic E-state index is 0.0553. The Hall–Kier alpha value is -3.75. The zero-order valence-corrected chi connectivity index (χ0v) is 16.9. The third-order valence-electron chi connectivity index (χ3n) is 5.27. The van der Waals surface area contributed by atoms with Crippen molar-refractivity contribution in [1.29, 1.82) is 0 Å². The van der Waals surface area contributed by atoms with Gasteiger partial charge < -0.3 is 19.1 Å². The summed E-state index contributed by atoms with van der Waals surface area (Å²) in [5.41, 5.74) is 2.32. The number of anilines is 1. The molecular weight excluding hydrogens is 401 g/mol. The Morgan fingerprint density at radius 2 is 1.94 bits per heavy atom. The summed E-state index contributed by atoms with van der Waals surface area (Å²) >= 11 is 0. The maximum absolute atomic E-state index is 12.8. The lowest BCUT2D eigenvalue weighted by molar-refractivity contribution is 0.185. The van der Waals surface area contributed by atoms with Gasteiger partial charge in [0.05, 0.1) is 36.4 Å². The number of aromatic nitrogens is 4. The smallest absolute Gasteiger partial charge is 0.233 e. The molecule has 0 amide bonds. The van der Waals surface area contributed by atoms with Crippen LogP contribution in [0.25, 0.3) is 21.9 Å². The van der Waals surface area contributed by atoms with Crippen LogP contribution in [-0.4, -0.2) is 53.1 Å². The van der Waals surface area contributed by atoms with Gasteiger partial charge in [-0.1, -0.05) is 12.1 Å². The Labute approximate surface area is 177 Å². The van der Waals surface area contributed by atoms with Gasteiger partial charge in [0.25, 0.3) is 0 Å². The summed E-state index contributed by atoms with van der Waals surface area (Å²) in [6, 6.07) is 11.1. The first-order valence-corrected chi connectivity index (χ1v) is 9.90. The highest BCUT2D eigenvalue weighted by Crippen LogP contribution is 2.36. The van der Waals surface area contributed by atoms with Crippen LogP contribution >= 0.6 is 0 Å². The maximum Gasteiger partial charge on any atom is 0.233 e. The van der Waals surface area contributed by atoms with Crippen LogP contribution in [0.15, 0.2) is 48.9 Å². The molecule has 1 aliphatic heterocycles. The molecule has 5 rings (SSSR count). The molecule has 158 valence electrons. The van der Waals surface area contributed by atoms with Crippen LogP contribution in [0.3, 0.4) is 0 Å². The van der Waals surface area contributed by atoms with E-state index in [0.717, 1.165) is 35.2 Å². The molecule has 4 aromatic rings. The van der Waals surface area contributed by atoms with Crippen LogP contribution in [0.4, 0.5) is 10.2 Å². The van der Waals surface area contributed by atoms with Crippen molar-refractivity contribution in [3.05, 3.63) is 48.9 Å². The number of hydrogen-bond donors (Lipinski definition) is 0. The van der Waals surface area contributed by atoms with E-state index in [4.69, 9.17) is 14.2 Å². The van der Waals surface area contributed by atoms with Gasteiger partial charge in [0.2, 0.25) is 12.7 Å². The van der Waals surface area contributed by atoms with Gasteiger partial charge in [-0.3, -0.25) is 0 Å². The van der Waals surface area contributed by atoms with Gasteiger partial charge in [-0.15, -0.1) is 0 Å². The van der Waals surface area contributed by atoms with Crippen molar-refractivity contribution >= 4 is 27.8 Å². The van der Waals surface area contributed by atoms with E-state index in [1.54, 1.807) is 18.3 Å². The largest absolute Gasteiger partial charge is 0.493 e. The summed E-state index contributed by atoms with van der Waals surface area (Å²) in [5, 5.41) is 0.762. The maximum atomic E-state index is 12.8. The van der Waals surface area contributed by atoms with Crippen molar-refractivity contribution in [1.82, 2.24) is 19.9 Å². The van der Waals surface area contributed by atoms with Crippen LogP contribution in [0.2, 0.25) is 0 Å². The molecule has 0 unspecified atom stereocenters. The summed E-state index contributed by atoms with van der Waals surface area (Å²) in [6.45, 7) is 0.437. The first-order valence-electron chi connectivity index (χ1n) is 9.90. The Bertz CT molecular complexity index is 1240.